The van der Waals surface area contributed by atoms with Crippen LogP contribution in [0.4, 0.5) is 0 Å². The Balaban J connectivity index is 0.000000751. The summed E-state index contributed by atoms with van der Waals surface area (Å²) in [4.78, 5) is 45.9. The molecule has 4 rings (SSSR count). The maximum absolute atomic E-state index is 13.0. The number of amides is 2. The van der Waals surface area contributed by atoms with Crippen molar-refractivity contribution in [3.05, 3.63) is 65.5 Å². The first kappa shape index (κ1) is 26.2. The van der Waals surface area contributed by atoms with Crippen molar-refractivity contribution >= 4 is 57.3 Å². The van der Waals surface area contributed by atoms with Crippen LogP contribution in [0.25, 0.3) is 11.4 Å². The van der Waals surface area contributed by atoms with E-state index in [9.17, 15) is 19.6 Å². The fourth-order valence-electron chi connectivity index (χ4n) is 3.90. The van der Waals surface area contributed by atoms with Crippen molar-refractivity contribution in [3.63, 3.8) is 0 Å². The molecule has 180 valence electrons. The van der Waals surface area contributed by atoms with Crippen molar-refractivity contribution < 1.29 is 19.6 Å². The van der Waals surface area contributed by atoms with E-state index in [4.69, 9.17) is 33.7 Å². The summed E-state index contributed by atoms with van der Waals surface area (Å²) in [7, 11) is 0. The molecule has 0 bridgehead atoms. The topological polar surface area (TPSA) is 95.7 Å². The zero-order chi connectivity index (χ0) is 25.0. The molecule has 1 atom stereocenters. The van der Waals surface area contributed by atoms with Gasteiger partial charge in [0, 0.05) is 49.2 Å². The molecular weight excluding hydrogens is 522 g/mol. The first-order valence-corrected chi connectivity index (χ1v) is 14.3. The predicted octanol–water partition coefficient (Wildman–Crippen LogP) is 5.02. The second kappa shape index (κ2) is 11.4. The molecule has 0 aliphatic carbocycles. The predicted molar refractivity (Wildman–Crippen MR) is 133 cm³/mol. The molecule has 0 spiro atoms. The summed E-state index contributed by atoms with van der Waals surface area (Å²) in [6.45, 7) is 4.59. The van der Waals surface area contributed by atoms with Gasteiger partial charge in [-0.15, -0.1) is 0 Å². The molecule has 3 heterocycles. The van der Waals surface area contributed by atoms with Crippen molar-refractivity contribution in [1.29, 1.82) is 0 Å². The lowest BCUT2D eigenvalue weighted by molar-refractivity contribution is -0.130. The standard InChI is InChI=1S/C22H22N4O4.Cl3P/c1-14-8-9-26(30)20-18(14)17(12-23-20)19(27)22(29)25-11-10-24(13-15(25)2)21(28)16-6-4-3-5-7-16;1-4(2)3/h3-9,12,15,30H,10-11,13H2,1-2H3;/t15-;/m1./s1. The number of rotatable bonds is 3. The fraction of sp³-hybridized carbons (Fsp3) is 0.273. The molecule has 12 heteroatoms. The van der Waals surface area contributed by atoms with Gasteiger partial charge in [0.2, 0.25) is 0 Å². The Kier molecular flexibility index (Phi) is 8.77. The Morgan fingerprint density at radius 1 is 1.09 bits per heavy atom. The van der Waals surface area contributed by atoms with E-state index in [0.717, 1.165) is 10.3 Å². The number of halogens is 3. The first-order valence-electron chi connectivity index (χ1n) is 10.2. The Morgan fingerprint density at radius 3 is 2.35 bits per heavy atom. The van der Waals surface area contributed by atoms with E-state index in [2.05, 4.69) is 4.98 Å². The van der Waals surface area contributed by atoms with Crippen LogP contribution in [-0.2, 0) is 4.79 Å². The highest BCUT2D eigenvalue weighted by molar-refractivity contribution is 8.20. The average Bonchev–Trinajstić information content (AvgIpc) is 3.27. The van der Waals surface area contributed by atoms with Crippen LogP contribution in [0.1, 0.15) is 33.2 Å². The lowest BCUT2D eigenvalue weighted by Crippen LogP contribution is -2.56. The number of piperazine rings is 1. The lowest BCUT2D eigenvalue weighted by Gasteiger charge is -2.39. The number of carbonyl (C=O) groups is 3. The largest absolute Gasteiger partial charge is 0.427 e. The molecule has 2 amide bonds. The number of aromatic nitrogens is 2. The van der Waals surface area contributed by atoms with Crippen LogP contribution < -0.4 is 0 Å². The number of benzene rings is 1. The molecular formula is C22H22Cl3N4O4P. The summed E-state index contributed by atoms with van der Waals surface area (Å²) in [5.41, 5.74) is 1.98. The van der Waals surface area contributed by atoms with Gasteiger partial charge in [0.25, 0.3) is 17.6 Å². The van der Waals surface area contributed by atoms with Crippen LogP contribution in [0, 0.1) is 6.92 Å². The molecule has 8 nitrogen and oxygen atoms in total. The van der Waals surface area contributed by atoms with E-state index < -0.39 is 17.7 Å². The van der Waals surface area contributed by atoms with Crippen LogP contribution in [-0.4, -0.2) is 68.0 Å². The summed E-state index contributed by atoms with van der Waals surface area (Å²) < 4.78 is 0.834. The molecule has 1 fully saturated rings. The SMILES string of the molecule is Cc1ccn(O)c2ncc(C(=O)C(=O)N3CCN(C(=O)c4ccccc4)C[C@H]3C)c1-2.ClP(Cl)Cl. The molecule has 0 saturated carbocycles. The van der Waals surface area contributed by atoms with Crippen LogP contribution >= 0.6 is 39.7 Å². The van der Waals surface area contributed by atoms with Crippen molar-refractivity contribution in [1.82, 2.24) is 19.5 Å². The van der Waals surface area contributed by atoms with Gasteiger partial charge < -0.3 is 15.0 Å². The number of pyridine rings is 1. The van der Waals surface area contributed by atoms with E-state index in [1.165, 1.54) is 17.3 Å². The number of fused-ring (bicyclic) bond motifs is 1. The molecule has 1 aromatic rings. The number of nitrogens with zero attached hydrogens (tertiary/aromatic N) is 4. The summed E-state index contributed by atoms with van der Waals surface area (Å²) in [6, 6.07) is 10.3. The minimum Gasteiger partial charge on any atom is -0.427 e. The summed E-state index contributed by atoms with van der Waals surface area (Å²) in [5, 5.41) is 9.91. The Bertz CT molecular complexity index is 1160. The number of hydrogen-bond acceptors (Lipinski definition) is 5. The van der Waals surface area contributed by atoms with E-state index >= 15 is 0 Å². The monoisotopic (exact) mass is 542 g/mol. The first-order chi connectivity index (χ1) is 16.1. The second-order valence-electron chi connectivity index (χ2n) is 7.70. The Labute approximate surface area is 212 Å². The van der Waals surface area contributed by atoms with Crippen LogP contribution in [0.3, 0.4) is 0 Å². The van der Waals surface area contributed by atoms with Gasteiger partial charge in [0.15, 0.2) is 11.8 Å². The maximum atomic E-state index is 13.0. The van der Waals surface area contributed by atoms with Gasteiger partial charge in [-0.1, -0.05) is 51.9 Å². The number of aryl methyl sites for hydroxylation is 1. The van der Waals surface area contributed by atoms with E-state index in [1.807, 2.05) is 25.1 Å². The molecule has 3 aliphatic rings. The van der Waals surface area contributed by atoms with Gasteiger partial charge >= 0.3 is 0 Å². The van der Waals surface area contributed by atoms with Gasteiger partial charge in [-0.25, -0.2) is 4.98 Å². The molecule has 0 radical (unpaired) electrons. The number of hydrogen-bond donors (Lipinski definition) is 1. The van der Waals surface area contributed by atoms with Crippen molar-refractivity contribution in [2.24, 2.45) is 0 Å². The average molecular weight is 544 g/mol. The van der Waals surface area contributed by atoms with Gasteiger partial charge in [0.05, 0.1) is 5.56 Å². The third kappa shape index (κ3) is 5.81. The Hall–Kier alpha value is -2.38. The Morgan fingerprint density at radius 2 is 1.74 bits per heavy atom. The van der Waals surface area contributed by atoms with Crippen molar-refractivity contribution in [2.45, 2.75) is 19.9 Å². The zero-order valence-electron chi connectivity index (χ0n) is 18.4. The van der Waals surface area contributed by atoms with Crippen molar-refractivity contribution in [3.8, 4) is 11.4 Å². The molecule has 34 heavy (non-hydrogen) atoms. The number of ketones is 1. The quantitative estimate of drug-likeness (QED) is 0.217. The van der Waals surface area contributed by atoms with Crippen LogP contribution in [0.2, 0.25) is 0 Å². The highest BCUT2D eigenvalue weighted by Gasteiger charge is 2.35. The third-order valence-electron chi connectivity index (χ3n) is 5.52. The smallest absolute Gasteiger partial charge is 0.295 e. The highest BCUT2D eigenvalue weighted by atomic mass is 36.0. The molecule has 1 saturated heterocycles. The van der Waals surface area contributed by atoms with E-state index in [-0.39, 0.29) is 29.9 Å². The van der Waals surface area contributed by atoms with Crippen LogP contribution in [0.5, 0.6) is 0 Å². The van der Waals surface area contributed by atoms with Crippen LogP contribution in [0.15, 0.2) is 48.8 Å². The van der Waals surface area contributed by atoms with E-state index in [1.54, 1.807) is 30.0 Å². The molecule has 1 aromatic carbocycles. The summed E-state index contributed by atoms with van der Waals surface area (Å²) in [6.07, 6.45) is 2.76. The summed E-state index contributed by atoms with van der Waals surface area (Å²) >= 11 is 14.6. The molecule has 0 unspecified atom stereocenters. The molecule has 0 aromatic heterocycles. The minimum absolute atomic E-state index is 0.0878. The number of carbonyl (C=O) groups excluding carboxylic acids is 3. The minimum atomic E-state index is -1.20. The second-order valence-corrected chi connectivity index (χ2v) is 12.7. The van der Waals surface area contributed by atoms with Gasteiger partial charge in [-0.3, -0.25) is 14.4 Å². The fourth-order valence-corrected chi connectivity index (χ4v) is 3.90. The van der Waals surface area contributed by atoms with Gasteiger partial charge in [0.1, 0.15) is 0 Å². The van der Waals surface area contributed by atoms with E-state index in [0.29, 0.717) is 24.2 Å². The molecule has 1 N–H and O–H groups in total. The zero-order valence-corrected chi connectivity index (χ0v) is 21.5. The normalized spacial score (nSPS) is 15.8. The van der Waals surface area contributed by atoms with Crippen molar-refractivity contribution in [2.75, 3.05) is 19.6 Å². The third-order valence-corrected chi connectivity index (χ3v) is 5.52. The van der Waals surface area contributed by atoms with Gasteiger partial charge in [-0.05, 0) is 37.6 Å². The highest BCUT2D eigenvalue weighted by Crippen LogP contribution is 2.51. The maximum Gasteiger partial charge on any atom is 0.295 e. The molecule has 3 aliphatic heterocycles. The summed E-state index contributed by atoms with van der Waals surface area (Å²) in [5.74, 6) is -2.35. The number of Topliss-reactive ketones (excluding diaryl/α,β-unsaturated/α-hetero) is 1. The lowest BCUT2D eigenvalue weighted by atomic mass is 10.0. The van der Waals surface area contributed by atoms with Gasteiger partial charge in [-0.2, -0.15) is 4.73 Å².